The van der Waals surface area contributed by atoms with Gasteiger partial charge in [-0.2, -0.15) is 0 Å². The molecule has 254 valence electrons. The Balaban J connectivity index is 1.29. The van der Waals surface area contributed by atoms with E-state index in [1.54, 1.807) is 0 Å². The lowest BCUT2D eigenvalue weighted by Gasteiger charge is -2.34. The summed E-state index contributed by atoms with van der Waals surface area (Å²) in [5.41, 5.74) is 10.8. The zero-order chi connectivity index (χ0) is 39.4. The van der Waals surface area contributed by atoms with Crippen molar-refractivity contribution in [3.8, 4) is 33.4 Å². The standard InChI is InChI=1S/C53H37N/c1-4-16-38(17-5-1)40-32-34-46(35-33-40)54(47-25-14-20-42(37-47)43-31-30-39-18-10-11-19-41(39)36-43)51-29-15-28-50-52(51)48-26-12-13-27-49(48)53(50,44-21-6-2-7-22-44)45-23-8-3-9-24-45/h1-37H/i14D,20D,25D,37D. The van der Waals surface area contributed by atoms with Crippen LogP contribution in [0.2, 0.25) is 0 Å². The van der Waals surface area contributed by atoms with Crippen LogP contribution in [-0.4, -0.2) is 0 Å². The molecule has 0 aromatic heterocycles. The fraction of sp³-hybridized carbons (Fsp3) is 0.0189. The molecular formula is C53H37N. The first kappa shape index (κ1) is 27.7. The number of hydrogen-bond donors (Lipinski definition) is 0. The van der Waals surface area contributed by atoms with E-state index in [1.165, 1.54) is 0 Å². The van der Waals surface area contributed by atoms with E-state index < -0.39 is 5.41 Å². The first-order chi connectivity index (χ1) is 28.5. The Kier molecular flexibility index (Phi) is 6.77. The summed E-state index contributed by atoms with van der Waals surface area (Å²) in [4.78, 5) is 1.99. The molecular weight excluding hydrogens is 651 g/mol. The van der Waals surface area contributed by atoms with Gasteiger partial charge in [-0.3, -0.25) is 0 Å². The van der Waals surface area contributed by atoms with Gasteiger partial charge >= 0.3 is 0 Å². The maximum atomic E-state index is 10.0. The zero-order valence-electron chi connectivity index (χ0n) is 33.5. The minimum atomic E-state index is -0.664. The third-order valence-corrected chi connectivity index (χ3v) is 10.8. The molecule has 0 heterocycles. The summed E-state index contributed by atoms with van der Waals surface area (Å²) >= 11 is 0. The number of nitrogens with zero attached hydrogens (tertiary/aromatic N) is 1. The molecule has 0 unspecified atom stereocenters. The van der Waals surface area contributed by atoms with Crippen LogP contribution < -0.4 is 4.90 Å². The van der Waals surface area contributed by atoms with Gasteiger partial charge in [0.15, 0.2) is 0 Å². The first-order valence-electron chi connectivity index (χ1n) is 20.4. The quantitative estimate of drug-likeness (QED) is 0.161. The molecule has 9 aromatic carbocycles. The van der Waals surface area contributed by atoms with Crippen LogP contribution in [-0.2, 0) is 5.41 Å². The third kappa shape index (κ3) is 5.17. The smallest absolute Gasteiger partial charge is 0.0714 e. The molecule has 9 aromatic rings. The lowest BCUT2D eigenvalue weighted by atomic mass is 9.68. The molecule has 1 heteroatoms. The van der Waals surface area contributed by atoms with Crippen LogP contribution in [0.25, 0.3) is 44.2 Å². The van der Waals surface area contributed by atoms with Crippen molar-refractivity contribution < 1.29 is 5.48 Å². The van der Waals surface area contributed by atoms with Gasteiger partial charge in [0.05, 0.1) is 16.6 Å². The molecule has 0 amide bonds. The van der Waals surface area contributed by atoms with Gasteiger partial charge in [-0.25, -0.2) is 0 Å². The summed E-state index contributed by atoms with van der Waals surface area (Å²) in [7, 11) is 0. The fourth-order valence-electron chi connectivity index (χ4n) is 8.42. The third-order valence-electron chi connectivity index (χ3n) is 10.8. The highest BCUT2D eigenvalue weighted by Crippen LogP contribution is 2.59. The lowest BCUT2D eigenvalue weighted by molar-refractivity contribution is 0.768. The second kappa shape index (κ2) is 13.2. The molecule has 0 spiro atoms. The van der Waals surface area contributed by atoms with Crippen LogP contribution in [0.3, 0.4) is 0 Å². The average Bonchev–Trinajstić information content (AvgIpc) is 3.59. The maximum Gasteiger partial charge on any atom is 0.0714 e. The average molecular weight is 692 g/mol. The Labute approximate surface area is 322 Å². The molecule has 0 N–H and O–H groups in total. The summed E-state index contributed by atoms with van der Waals surface area (Å²) in [5, 5.41) is 2.03. The molecule has 0 bridgehead atoms. The number of fused-ring (bicyclic) bond motifs is 4. The molecule has 1 aliphatic carbocycles. The van der Waals surface area contributed by atoms with Crippen LogP contribution in [0, 0.1) is 0 Å². The van der Waals surface area contributed by atoms with Crippen molar-refractivity contribution in [2.45, 2.75) is 5.41 Å². The van der Waals surface area contributed by atoms with E-state index in [-0.39, 0.29) is 29.9 Å². The second-order valence-corrected chi connectivity index (χ2v) is 13.8. The topological polar surface area (TPSA) is 3.24 Å². The summed E-state index contributed by atoms with van der Waals surface area (Å²) in [6.07, 6.45) is 0. The Morgan fingerprint density at radius 3 is 1.74 bits per heavy atom. The van der Waals surface area contributed by atoms with E-state index in [2.05, 4.69) is 115 Å². The molecule has 0 saturated carbocycles. The van der Waals surface area contributed by atoms with E-state index in [1.807, 2.05) is 89.8 Å². The summed E-state index contributed by atoms with van der Waals surface area (Å²) in [6, 6.07) is 68.1. The number of hydrogen-bond acceptors (Lipinski definition) is 1. The Morgan fingerprint density at radius 2 is 1.00 bits per heavy atom. The van der Waals surface area contributed by atoms with E-state index in [0.29, 0.717) is 11.1 Å². The molecule has 10 rings (SSSR count). The molecule has 1 aliphatic rings. The van der Waals surface area contributed by atoms with E-state index >= 15 is 0 Å². The summed E-state index contributed by atoms with van der Waals surface area (Å²) < 4.78 is 38.1. The van der Waals surface area contributed by atoms with Crippen molar-refractivity contribution in [1.29, 1.82) is 0 Å². The summed E-state index contributed by atoms with van der Waals surface area (Å²) in [6.45, 7) is 0. The first-order valence-corrected chi connectivity index (χ1v) is 18.4. The van der Waals surface area contributed by atoms with E-state index in [9.17, 15) is 5.48 Å². The minimum absolute atomic E-state index is 0.0229. The SMILES string of the molecule is [2H]c1c([2H])c(-c2ccc3ccccc3c2)c([2H])c(N(c2ccc(-c3ccccc3)cc2)c2cccc3c2-c2ccccc2C3(c2ccccc2)c2ccccc2)c1[2H]. The molecule has 0 radical (unpaired) electrons. The molecule has 0 atom stereocenters. The van der Waals surface area contributed by atoms with Crippen LogP contribution in [0.1, 0.15) is 27.7 Å². The van der Waals surface area contributed by atoms with Crippen molar-refractivity contribution in [2.24, 2.45) is 0 Å². The Morgan fingerprint density at radius 1 is 0.407 bits per heavy atom. The monoisotopic (exact) mass is 691 g/mol. The molecule has 0 aliphatic heterocycles. The largest absolute Gasteiger partial charge is 0.310 e. The van der Waals surface area contributed by atoms with Crippen molar-refractivity contribution in [3.63, 3.8) is 0 Å². The predicted molar refractivity (Wildman–Crippen MR) is 227 cm³/mol. The normalized spacial score (nSPS) is 13.6. The molecule has 0 saturated heterocycles. The summed E-state index contributed by atoms with van der Waals surface area (Å²) in [5.74, 6) is 0. The highest BCUT2D eigenvalue weighted by Gasteiger charge is 2.47. The van der Waals surface area contributed by atoms with Crippen LogP contribution in [0.15, 0.2) is 224 Å². The lowest BCUT2D eigenvalue weighted by Crippen LogP contribution is -2.28. The van der Waals surface area contributed by atoms with Crippen LogP contribution in [0.5, 0.6) is 0 Å². The molecule has 1 nitrogen and oxygen atoms in total. The van der Waals surface area contributed by atoms with Gasteiger partial charge in [0.2, 0.25) is 0 Å². The molecule has 54 heavy (non-hydrogen) atoms. The predicted octanol–water partition coefficient (Wildman–Crippen LogP) is 14.0. The Bertz CT molecular complexity index is 2940. The number of rotatable bonds is 7. The highest BCUT2D eigenvalue weighted by molar-refractivity contribution is 5.98. The van der Waals surface area contributed by atoms with Crippen molar-refractivity contribution >= 4 is 27.8 Å². The highest BCUT2D eigenvalue weighted by atomic mass is 15.1. The van der Waals surface area contributed by atoms with Gasteiger partial charge in [-0.15, -0.1) is 0 Å². The zero-order valence-corrected chi connectivity index (χ0v) is 29.5. The van der Waals surface area contributed by atoms with E-state index in [0.717, 1.165) is 66.7 Å². The van der Waals surface area contributed by atoms with Gasteiger partial charge in [-0.1, -0.05) is 188 Å². The number of benzene rings is 9. The van der Waals surface area contributed by atoms with Crippen LogP contribution in [0.4, 0.5) is 17.1 Å². The van der Waals surface area contributed by atoms with Gasteiger partial charge in [0, 0.05) is 16.9 Å². The second-order valence-electron chi connectivity index (χ2n) is 13.8. The minimum Gasteiger partial charge on any atom is -0.310 e. The van der Waals surface area contributed by atoms with Crippen molar-refractivity contribution in [1.82, 2.24) is 0 Å². The van der Waals surface area contributed by atoms with Gasteiger partial charge in [-0.05, 0) is 97.2 Å². The van der Waals surface area contributed by atoms with Crippen molar-refractivity contribution in [2.75, 3.05) is 4.90 Å². The van der Waals surface area contributed by atoms with Crippen LogP contribution >= 0.6 is 0 Å². The maximum absolute atomic E-state index is 10.0. The van der Waals surface area contributed by atoms with Gasteiger partial charge < -0.3 is 4.90 Å². The fourth-order valence-corrected chi connectivity index (χ4v) is 8.42. The molecule has 0 fully saturated rings. The Hall–Kier alpha value is -6.96. The number of anilines is 3. The van der Waals surface area contributed by atoms with E-state index in [4.69, 9.17) is 0 Å². The van der Waals surface area contributed by atoms with Gasteiger partial charge in [0.25, 0.3) is 0 Å². The van der Waals surface area contributed by atoms with Gasteiger partial charge in [0.1, 0.15) is 0 Å². The van der Waals surface area contributed by atoms with Crippen molar-refractivity contribution in [3.05, 3.63) is 247 Å².